The summed E-state index contributed by atoms with van der Waals surface area (Å²) in [6.07, 6.45) is 9.92. The van der Waals surface area contributed by atoms with Crippen molar-refractivity contribution in [3.8, 4) is 0 Å². The lowest BCUT2D eigenvalue weighted by molar-refractivity contribution is 0.400. The average Bonchev–Trinajstić information content (AvgIpc) is 2.73. The molecule has 0 saturated heterocycles. The third-order valence-corrected chi connectivity index (χ3v) is 6.35. The number of aromatic nitrogens is 2. The van der Waals surface area contributed by atoms with Gasteiger partial charge in [0.15, 0.2) is 0 Å². The van der Waals surface area contributed by atoms with Crippen molar-refractivity contribution in [1.29, 1.82) is 0 Å². The fourth-order valence-electron chi connectivity index (χ4n) is 2.97. The minimum absolute atomic E-state index is 0.253. The van der Waals surface area contributed by atoms with Crippen LogP contribution >= 0.6 is 0 Å². The quantitative estimate of drug-likeness (QED) is 0.544. The summed E-state index contributed by atoms with van der Waals surface area (Å²) < 4.78 is 28.2. The molecular formula is C22H25N3O2S. The second-order valence-corrected chi connectivity index (χ2v) is 8.68. The third-order valence-electron chi connectivity index (χ3n) is 4.54. The number of benzene rings is 1. The van der Waals surface area contributed by atoms with E-state index in [1.807, 2.05) is 36.4 Å². The number of pyridine rings is 2. The molecule has 0 atom stereocenters. The molecule has 0 amide bonds. The lowest BCUT2D eigenvalue weighted by Crippen LogP contribution is -2.30. The van der Waals surface area contributed by atoms with Gasteiger partial charge in [0.2, 0.25) is 10.0 Å². The van der Waals surface area contributed by atoms with Crippen LogP contribution in [0.25, 0.3) is 0 Å². The Kier molecular flexibility index (Phi) is 6.90. The normalized spacial score (nSPS) is 11.6. The lowest BCUT2D eigenvalue weighted by atomic mass is 10.1. The molecule has 0 aliphatic carbocycles. The van der Waals surface area contributed by atoms with Crippen LogP contribution in [-0.4, -0.2) is 22.7 Å². The van der Waals surface area contributed by atoms with E-state index in [1.54, 1.807) is 36.9 Å². The molecule has 6 heteroatoms. The second kappa shape index (κ2) is 9.57. The molecule has 146 valence electrons. The van der Waals surface area contributed by atoms with Gasteiger partial charge in [-0.05, 0) is 53.8 Å². The third kappa shape index (κ3) is 5.24. The number of hydrogen-bond acceptors (Lipinski definition) is 4. The molecule has 1 aromatic carbocycles. The first kappa shape index (κ1) is 20.2. The molecule has 2 heterocycles. The maximum Gasteiger partial charge on any atom is 0.243 e. The van der Waals surface area contributed by atoms with Crippen LogP contribution < -0.4 is 0 Å². The number of nitrogens with zero attached hydrogens (tertiary/aromatic N) is 3. The summed E-state index contributed by atoms with van der Waals surface area (Å²) in [6, 6.07) is 14.6. The Bertz CT molecular complexity index is 918. The SMILES string of the molecule is CCCCc1ccc(S(=O)(=O)N(Cc2cccnc2)Cc2cccnc2)cc1. The number of aryl methyl sites for hydroxylation is 1. The van der Waals surface area contributed by atoms with Crippen LogP contribution in [0, 0.1) is 0 Å². The summed E-state index contributed by atoms with van der Waals surface area (Å²) in [6.45, 7) is 2.65. The van der Waals surface area contributed by atoms with Crippen LogP contribution in [0.3, 0.4) is 0 Å². The van der Waals surface area contributed by atoms with E-state index >= 15 is 0 Å². The summed E-state index contributed by atoms with van der Waals surface area (Å²) in [5, 5.41) is 0. The first-order valence-electron chi connectivity index (χ1n) is 9.46. The van der Waals surface area contributed by atoms with E-state index < -0.39 is 10.0 Å². The highest BCUT2D eigenvalue weighted by molar-refractivity contribution is 7.89. The molecule has 0 unspecified atom stereocenters. The van der Waals surface area contributed by atoms with E-state index in [0.717, 1.165) is 36.0 Å². The fourth-order valence-corrected chi connectivity index (χ4v) is 4.39. The molecule has 28 heavy (non-hydrogen) atoms. The van der Waals surface area contributed by atoms with E-state index in [0.29, 0.717) is 4.90 Å². The summed E-state index contributed by atoms with van der Waals surface area (Å²) in [5.74, 6) is 0. The standard InChI is InChI=1S/C22H25N3O2S/c1-2-3-6-19-9-11-22(12-10-19)28(26,27)25(17-20-7-4-13-23-15-20)18-21-8-5-14-24-16-21/h4-5,7-16H,2-3,6,17-18H2,1H3. The first-order valence-corrected chi connectivity index (χ1v) is 10.9. The Morgan fingerprint density at radius 2 is 1.39 bits per heavy atom. The predicted octanol–water partition coefficient (Wildman–Crippen LogP) is 4.21. The van der Waals surface area contributed by atoms with Crippen LogP contribution in [0.5, 0.6) is 0 Å². The van der Waals surface area contributed by atoms with Crippen molar-refractivity contribution < 1.29 is 8.42 Å². The van der Waals surface area contributed by atoms with Crippen molar-refractivity contribution in [3.05, 3.63) is 90.0 Å². The molecule has 0 N–H and O–H groups in total. The molecule has 0 aliphatic rings. The molecule has 0 saturated carbocycles. The number of sulfonamides is 1. The first-order chi connectivity index (χ1) is 13.6. The van der Waals surface area contributed by atoms with Crippen LogP contribution in [0.4, 0.5) is 0 Å². The van der Waals surface area contributed by atoms with Gasteiger partial charge >= 0.3 is 0 Å². The molecule has 3 rings (SSSR count). The van der Waals surface area contributed by atoms with Gasteiger partial charge in [0.1, 0.15) is 0 Å². The fraction of sp³-hybridized carbons (Fsp3) is 0.273. The van der Waals surface area contributed by atoms with Crippen LogP contribution in [0.2, 0.25) is 0 Å². The zero-order valence-corrected chi connectivity index (χ0v) is 16.8. The van der Waals surface area contributed by atoms with E-state index in [9.17, 15) is 8.42 Å². The van der Waals surface area contributed by atoms with Crippen molar-refractivity contribution in [2.24, 2.45) is 0 Å². The minimum Gasteiger partial charge on any atom is -0.264 e. The summed E-state index contributed by atoms with van der Waals surface area (Å²) in [5.41, 5.74) is 2.84. The van der Waals surface area contributed by atoms with Gasteiger partial charge in [-0.3, -0.25) is 9.97 Å². The van der Waals surface area contributed by atoms with Gasteiger partial charge in [-0.25, -0.2) is 8.42 Å². The summed E-state index contributed by atoms with van der Waals surface area (Å²) in [7, 11) is -3.66. The highest BCUT2D eigenvalue weighted by Crippen LogP contribution is 2.21. The van der Waals surface area contributed by atoms with Crippen molar-refractivity contribution in [3.63, 3.8) is 0 Å². The zero-order valence-electron chi connectivity index (χ0n) is 16.0. The average molecular weight is 396 g/mol. The smallest absolute Gasteiger partial charge is 0.243 e. The topological polar surface area (TPSA) is 63.2 Å². The molecule has 0 bridgehead atoms. The van der Waals surface area contributed by atoms with Crippen LogP contribution in [-0.2, 0) is 29.5 Å². The zero-order chi connectivity index (χ0) is 19.8. The molecule has 0 spiro atoms. The molecule has 0 aliphatic heterocycles. The molecule has 0 fully saturated rings. The van der Waals surface area contributed by atoms with Crippen molar-refractivity contribution in [1.82, 2.24) is 14.3 Å². The second-order valence-electron chi connectivity index (χ2n) is 6.74. The lowest BCUT2D eigenvalue weighted by Gasteiger charge is -2.22. The van der Waals surface area contributed by atoms with Gasteiger partial charge in [0.05, 0.1) is 4.90 Å². The molecule has 3 aromatic rings. The largest absolute Gasteiger partial charge is 0.264 e. The van der Waals surface area contributed by atoms with E-state index in [1.165, 1.54) is 4.31 Å². The van der Waals surface area contributed by atoms with E-state index in [2.05, 4.69) is 16.9 Å². The number of hydrogen-bond donors (Lipinski definition) is 0. The van der Waals surface area contributed by atoms with Crippen molar-refractivity contribution >= 4 is 10.0 Å². The Morgan fingerprint density at radius 3 is 1.86 bits per heavy atom. The van der Waals surface area contributed by atoms with Gasteiger partial charge in [-0.1, -0.05) is 37.6 Å². The Labute approximate surface area is 167 Å². The van der Waals surface area contributed by atoms with Crippen molar-refractivity contribution in [2.45, 2.75) is 44.2 Å². The maximum absolute atomic E-state index is 13.4. The van der Waals surface area contributed by atoms with Crippen LogP contribution in [0.1, 0.15) is 36.5 Å². The molecule has 2 aromatic heterocycles. The Hall–Kier alpha value is -2.57. The number of unbranched alkanes of at least 4 members (excludes halogenated alkanes) is 1. The van der Waals surface area contributed by atoms with E-state index in [-0.39, 0.29) is 13.1 Å². The maximum atomic E-state index is 13.4. The van der Waals surface area contributed by atoms with Crippen molar-refractivity contribution in [2.75, 3.05) is 0 Å². The minimum atomic E-state index is -3.66. The van der Waals surface area contributed by atoms with E-state index in [4.69, 9.17) is 0 Å². The van der Waals surface area contributed by atoms with Crippen LogP contribution in [0.15, 0.2) is 78.2 Å². The summed E-state index contributed by atoms with van der Waals surface area (Å²) >= 11 is 0. The molecule has 5 nitrogen and oxygen atoms in total. The van der Waals surface area contributed by atoms with Gasteiger partial charge < -0.3 is 0 Å². The molecular weight excluding hydrogens is 370 g/mol. The summed E-state index contributed by atoms with van der Waals surface area (Å²) in [4.78, 5) is 8.52. The highest BCUT2D eigenvalue weighted by atomic mass is 32.2. The number of rotatable bonds is 9. The monoisotopic (exact) mass is 395 g/mol. The van der Waals surface area contributed by atoms with Gasteiger partial charge in [0, 0.05) is 37.9 Å². The Balaban J connectivity index is 1.88. The molecule has 0 radical (unpaired) electrons. The van der Waals surface area contributed by atoms with Gasteiger partial charge in [-0.2, -0.15) is 4.31 Å². The van der Waals surface area contributed by atoms with Gasteiger partial charge in [0.25, 0.3) is 0 Å². The van der Waals surface area contributed by atoms with Gasteiger partial charge in [-0.15, -0.1) is 0 Å². The predicted molar refractivity (Wildman–Crippen MR) is 110 cm³/mol. The highest BCUT2D eigenvalue weighted by Gasteiger charge is 2.25. The Morgan fingerprint density at radius 1 is 0.821 bits per heavy atom.